The van der Waals surface area contributed by atoms with E-state index < -0.39 is 15.8 Å². The Bertz CT molecular complexity index is 1790. The van der Waals surface area contributed by atoms with Crippen molar-refractivity contribution in [3.05, 3.63) is 94.6 Å². The number of amides is 1. The molecule has 5 aromatic rings. The summed E-state index contributed by atoms with van der Waals surface area (Å²) in [7, 11) is -3.89. The molecule has 212 valence electrons. The van der Waals surface area contributed by atoms with Crippen molar-refractivity contribution < 1.29 is 17.6 Å². The van der Waals surface area contributed by atoms with E-state index in [2.05, 4.69) is 27.9 Å². The minimum atomic E-state index is -3.89. The molecular weight excluding hydrogens is 603 g/mol. The van der Waals surface area contributed by atoms with Gasteiger partial charge in [-0.15, -0.1) is 35.1 Å². The van der Waals surface area contributed by atoms with Crippen LogP contribution in [-0.4, -0.2) is 37.3 Å². The van der Waals surface area contributed by atoms with E-state index in [0.717, 1.165) is 64.0 Å². The number of anilines is 2. The Morgan fingerprint density at radius 3 is 2.46 bits per heavy atom. The van der Waals surface area contributed by atoms with Gasteiger partial charge in [-0.05, 0) is 79.2 Å². The van der Waals surface area contributed by atoms with Crippen molar-refractivity contribution in [2.75, 3.05) is 23.1 Å². The second-order valence-corrected chi connectivity index (χ2v) is 13.2. The summed E-state index contributed by atoms with van der Waals surface area (Å²) >= 11 is 3.22. The van der Waals surface area contributed by atoms with Gasteiger partial charge >= 0.3 is 0 Å². The highest BCUT2D eigenvalue weighted by Gasteiger charge is 2.27. The molecule has 41 heavy (non-hydrogen) atoms. The summed E-state index contributed by atoms with van der Waals surface area (Å²) in [5.41, 5.74) is 3.86. The molecule has 6 rings (SSSR count). The van der Waals surface area contributed by atoms with Crippen LogP contribution < -0.4 is 10.0 Å². The summed E-state index contributed by atoms with van der Waals surface area (Å²) < 4.78 is 42.0. The summed E-state index contributed by atoms with van der Waals surface area (Å²) in [4.78, 5) is 21.8. The second-order valence-electron chi connectivity index (χ2n) is 9.40. The number of fused-ring (bicyclic) bond motifs is 2. The van der Waals surface area contributed by atoms with Gasteiger partial charge in [-0.1, -0.05) is 19.1 Å². The van der Waals surface area contributed by atoms with Crippen molar-refractivity contribution >= 4 is 71.9 Å². The van der Waals surface area contributed by atoms with Gasteiger partial charge in [0.25, 0.3) is 15.9 Å². The monoisotopic (exact) mass is 628 g/mol. The molecule has 3 aromatic carbocycles. The Kier molecular flexibility index (Phi) is 8.44. The van der Waals surface area contributed by atoms with Crippen molar-refractivity contribution in [3.63, 3.8) is 0 Å². The molecule has 0 saturated carbocycles. The molecular formula is C29H26ClFN4O3S3. The van der Waals surface area contributed by atoms with E-state index in [1.54, 1.807) is 34.8 Å². The highest BCUT2D eigenvalue weighted by Crippen LogP contribution is 2.45. The molecule has 0 atom stereocenters. The first-order valence-corrected chi connectivity index (χ1v) is 15.8. The molecule has 12 heteroatoms. The molecule has 0 aliphatic carbocycles. The number of nitrogens with one attached hydrogen (secondary N) is 2. The highest BCUT2D eigenvalue weighted by molar-refractivity contribution is 7.92. The Morgan fingerprint density at radius 2 is 1.76 bits per heavy atom. The number of benzene rings is 3. The minimum absolute atomic E-state index is 0. The number of thiazole rings is 1. The zero-order valence-electron chi connectivity index (χ0n) is 21.9. The molecule has 0 spiro atoms. The number of halogens is 2. The average Bonchev–Trinajstić information content (AvgIpc) is 3.53. The van der Waals surface area contributed by atoms with Gasteiger partial charge in [-0.2, -0.15) is 0 Å². The molecule has 0 saturated heterocycles. The predicted molar refractivity (Wildman–Crippen MR) is 166 cm³/mol. The van der Waals surface area contributed by atoms with Crippen LogP contribution in [0.4, 0.5) is 15.1 Å². The van der Waals surface area contributed by atoms with Gasteiger partial charge in [0.05, 0.1) is 15.1 Å². The van der Waals surface area contributed by atoms with Gasteiger partial charge in [-0.25, -0.2) is 17.8 Å². The number of likely N-dealkylation sites (N-methyl/N-ethyl adjacent to an activating group) is 1. The highest BCUT2D eigenvalue weighted by atomic mass is 35.5. The van der Waals surface area contributed by atoms with Gasteiger partial charge < -0.3 is 5.32 Å². The number of nitrogens with zero attached hydrogens (tertiary/aromatic N) is 2. The molecule has 0 radical (unpaired) electrons. The quantitative estimate of drug-likeness (QED) is 0.202. The van der Waals surface area contributed by atoms with Crippen molar-refractivity contribution in [2.24, 2.45) is 0 Å². The Morgan fingerprint density at radius 1 is 1.02 bits per heavy atom. The molecule has 3 heterocycles. The van der Waals surface area contributed by atoms with Gasteiger partial charge in [0, 0.05) is 34.8 Å². The zero-order chi connectivity index (χ0) is 27.9. The number of para-hydroxylation sites is 1. The third kappa shape index (κ3) is 6.00. The molecule has 0 fully saturated rings. The van der Waals surface area contributed by atoms with Crippen molar-refractivity contribution in [3.8, 4) is 10.6 Å². The molecule has 1 aliphatic rings. The van der Waals surface area contributed by atoms with Gasteiger partial charge in [0.1, 0.15) is 15.8 Å². The summed E-state index contributed by atoms with van der Waals surface area (Å²) in [6, 6.07) is 18.8. The van der Waals surface area contributed by atoms with Crippen molar-refractivity contribution in [1.29, 1.82) is 0 Å². The molecule has 2 N–H and O–H groups in total. The van der Waals surface area contributed by atoms with Crippen LogP contribution in [0.25, 0.3) is 20.8 Å². The fraction of sp³-hybridized carbons (Fsp3) is 0.172. The van der Waals surface area contributed by atoms with Gasteiger partial charge in [0.2, 0.25) is 0 Å². The number of hydrogen-bond donors (Lipinski definition) is 2. The maximum absolute atomic E-state index is 13.3. The fourth-order valence-corrected chi connectivity index (χ4v) is 8.17. The molecule has 1 aliphatic heterocycles. The largest absolute Gasteiger partial charge is 0.313 e. The number of hydrogen-bond acceptors (Lipinski definition) is 7. The molecule has 0 unspecified atom stereocenters. The molecule has 7 nitrogen and oxygen atoms in total. The van der Waals surface area contributed by atoms with E-state index in [4.69, 9.17) is 4.98 Å². The number of rotatable bonds is 7. The van der Waals surface area contributed by atoms with E-state index >= 15 is 0 Å². The normalized spacial score (nSPS) is 13.4. The van der Waals surface area contributed by atoms with Crippen LogP contribution in [0.5, 0.6) is 0 Å². The lowest BCUT2D eigenvalue weighted by molar-refractivity contribution is 0.102. The number of aromatic nitrogens is 1. The first-order chi connectivity index (χ1) is 19.3. The van der Waals surface area contributed by atoms with E-state index in [-0.39, 0.29) is 23.2 Å². The fourth-order valence-electron chi connectivity index (χ4n) is 4.71. The summed E-state index contributed by atoms with van der Waals surface area (Å²) in [6.45, 7) is 4.92. The smallest absolute Gasteiger partial charge is 0.261 e. The van der Waals surface area contributed by atoms with Gasteiger partial charge in [0.15, 0.2) is 0 Å². The second kappa shape index (κ2) is 11.9. The van der Waals surface area contributed by atoms with E-state index in [1.165, 1.54) is 34.7 Å². The number of carbonyl (C=O) groups excluding carboxylic acids is 1. The SMILES string of the molecule is CCN1CCc2c(sc(NC(=O)c3ccc(NS(=O)(=O)c4ccc(F)cc4)cc3)c2-c2nc3ccccc3s2)C1.Cl. The number of thiophene rings is 1. The summed E-state index contributed by atoms with van der Waals surface area (Å²) in [5, 5.41) is 4.78. The van der Waals surface area contributed by atoms with Gasteiger partial charge in [-0.3, -0.25) is 14.4 Å². The maximum atomic E-state index is 13.3. The van der Waals surface area contributed by atoms with E-state index in [1.807, 2.05) is 18.2 Å². The van der Waals surface area contributed by atoms with Crippen molar-refractivity contribution in [2.45, 2.75) is 24.8 Å². The predicted octanol–water partition coefficient (Wildman–Crippen LogP) is 7.02. The van der Waals surface area contributed by atoms with E-state index in [9.17, 15) is 17.6 Å². The molecule has 2 aromatic heterocycles. The van der Waals surface area contributed by atoms with Crippen LogP contribution in [-0.2, 0) is 23.0 Å². The lowest BCUT2D eigenvalue weighted by atomic mass is 10.0. The Labute approximate surface area is 251 Å². The van der Waals surface area contributed by atoms with Crippen LogP contribution in [0.1, 0.15) is 27.7 Å². The summed E-state index contributed by atoms with van der Waals surface area (Å²) in [5.74, 6) is -0.809. The number of carbonyl (C=O) groups is 1. The van der Waals surface area contributed by atoms with E-state index in [0.29, 0.717) is 11.3 Å². The Balaban J connectivity index is 0.00000337. The molecule has 0 bridgehead atoms. The van der Waals surface area contributed by atoms with Crippen LogP contribution in [0, 0.1) is 5.82 Å². The van der Waals surface area contributed by atoms with Crippen LogP contribution in [0.2, 0.25) is 0 Å². The topological polar surface area (TPSA) is 91.4 Å². The van der Waals surface area contributed by atoms with Crippen LogP contribution >= 0.6 is 35.1 Å². The first-order valence-electron chi connectivity index (χ1n) is 12.7. The Hall–Kier alpha value is -3.35. The van der Waals surface area contributed by atoms with Crippen LogP contribution in [0.15, 0.2) is 77.7 Å². The van der Waals surface area contributed by atoms with Crippen LogP contribution in [0.3, 0.4) is 0 Å². The third-order valence-corrected chi connectivity index (χ3v) is 10.4. The minimum Gasteiger partial charge on any atom is -0.313 e. The molecule has 1 amide bonds. The number of sulfonamides is 1. The third-order valence-electron chi connectivity index (χ3n) is 6.84. The maximum Gasteiger partial charge on any atom is 0.261 e. The summed E-state index contributed by atoms with van der Waals surface area (Å²) in [6.07, 6.45) is 0.893. The zero-order valence-corrected chi connectivity index (χ0v) is 25.2. The standard InChI is InChI=1S/C29H25FN4O3S3.ClH/c1-2-34-16-15-22-25(17-34)39-29(26(22)28-31-23-5-3-4-6-24(23)38-28)32-27(35)18-7-11-20(12-8-18)33-40(36,37)21-13-9-19(30)10-14-21;/h3-14,33H,2,15-17H2,1H3,(H,32,35);1H. The average molecular weight is 629 g/mol. The first kappa shape index (κ1) is 29.2. The van der Waals surface area contributed by atoms with Crippen molar-refractivity contribution in [1.82, 2.24) is 9.88 Å². The lowest BCUT2D eigenvalue weighted by Gasteiger charge is -2.25. The lowest BCUT2D eigenvalue weighted by Crippen LogP contribution is -2.29.